The van der Waals surface area contributed by atoms with Crippen molar-refractivity contribution in [3.8, 4) is 0 Å². The average molecular weight is 301 g/mol. The molecule has 20 heavy (non-hydrogen) atoms. The van der Waals surface area contributed by atoms with E-state index in [9.17, 15) is 13.2 Å². The fourth-order valence-electron chi connectivity index (χ4n) is 2.31. The number of sulfonamides is 1. The molecule has 7 nitrogen and oxygen atoms in total. The van der Waals surface area contributed by atoms with Gasteiger partial charge in [0.15, 0.2) is 0 Å². The minimum atomic E-state index is -3.56. The van der Waals surface area contributed by atoms with E-state index < -0.39 is 16.0 Å². The molecule has 1 aromatic heterocycles. The maximum atomic E-state index is 12.5. The Hall–Kier alpha value is -1.41. The lowest BCUT2D eigenvalue weighted by molar-refractivity contribution is -0.137. The van der Waals surface area contributed by atoms with Crippen LogP contribution >= 0.6 is 0 Å². The van der Waals surface area contributed by atoms with Crippen LogP contribution in [-0.4, -0.2) is 46.7 Å². The summed E-state index contributed by atoms with van der Waals surface area (Å²) in [6.45, 7) is 0.703. The van der Waals surface area contributed by atoms with Crippen LogP contribution in [0, 0.1) is 0 Å². The maximum absolute atomic E-state index is 12.5. The first-order chi connectivity index (χ1) is 9.50. The van der Waals surface area contributed by atoms with Gasteiger partial charge in [0, 0.05) is 19.3 Å². The summed E-state index contributed by atoms with van der Waals surface area (Å²) in [4.78, 5) is 10.7. The van der Waals surface area contributed by atoms with E-state index in [0.29, 0.717) is 13.1 Å². The molecular weight excluding hydrogens is 282 g/mol. The van der Waals surface area contributed by atoms with Crippen molar-refractivity contribution in [2.24, 2.45) is 0 Å². The monoisotopic (exact) mass is 301 g/mol. The highest BCUT2D eigenvalue weighted by Crippen LogP contribution is 2.19. The smallest absolute Gasteiger partial charge is 0.325 e. The van der Waals surface area contributed by atoms with Crippen molar-refractivity contribution >= 4 is 16.0 Å². The Morgan fingerprint density at radius 1 is 1.20 bits per heavy atom. The number of rotatable bonds is 4. The third-order valence-corrected chi connectivity index (χ3v) is 5.21. The number of carbonyl (C=O) groups is 1. The number of aromatic nitrogens is 2. The fourth-order valence-corrected chi connectivity index (χ4v) is 3.78. The van der Waals surface area contributed by atoms with Gasteiger partial charge in [-0.3, -0.25) is 9.48 Å². The van der Waals surface area contributed by atoms with E-state index in [1.54, 1.807) is 0 Å². The van der Waals surface area contributed by atoms with E-state index >= 15 is 0 Å². The molecule has 1 aliphatic heterocycles. The zero-order valence-corrected chi connectivity index (χ0v) is 12.0. The molecule has 0 amide bonds. The first-order valence-corrected chi connectivity index (χ1v) is 8.18. The summed E-state index contributed by atoms with van der Waals surface area (Å²) in [7, 11) is -3.56. The number of aliphatic carboxylic acids is 1. The highest BCUT2D eigenvalue weighted by atomic mass is 32.2. The lowest BCUT2D eigenvalue weighted by Gasteiger charge is -2.23. The van der Waals surface area contributed by atoms with Crippen molar-refractivity contribution in [2.75, 3.05) is 13.1 Å². The third kappa shape index (κ3) is 3.57. The number of hydrogen-bond donors (Lipinski definition) is 1. The number of carboxylic acid groups (broad SMARTS) is 1. The maximum Gasteiger partial charge on any atom is 0.325 e. The van der Waals surface area contributed by atoms with Gasteiger partial charge in [-0.1, -0.05) is 19.3 Å². The standard InChI is InChI=1S/C12H19N3O4S/c16-12(17)10-14-9-11(8-13-14)20(18,19)15-6-4-2-1-3-5-7-15/h8-9H,1-7,10H2,(H,16,17). The molecule has 0 aromatic carbocycles. The van der Waals surface area contributed by atoms with E-state index in [0.717, 1.165) is 36.8 Å². The van der Waals surface area contributed by atoms with Crippen LogP contribution in [0.5, 0.6) is 0 Å². The van der Waals surface area contributed by atoms with Crippen LogP contribution in [0.1, 0.15) is 32.1 Å². The van der Waals surface area contributed by atoms with E-state index in [4.69, 9.17) is 5.11 Å². The molecular formula is C12H19N3O4S. The Kier molecular flexibility index (Phi) is 4.77. The van der Waals surface area contributed by atoms with Crippen LogP contribution in [-0.2, 0) is 21.4 Å². The summed E-state index contributed by atoms with van der Waals surface area (Å²) >= 11 is 0. The second-order valence-electron chi connectivity index (χ2n) is 4.94. The minimum Gasteiger partial charge on any atom is -0.480 e. The summed E-state index contributed by atoms with van der Waals surface area (Å²) in [5.41, 5.74) is 0. The molecule has 0 atom stereocenters. The quantitative estimate of drug-likeness (QED) is 0.892. The molecule has 112 valence electrons. The van der Waals surface area contributed by atoms with Gasteiger partial charge in [0.1, 0.15) is 11.4 Å². The molecule has 1 fully saturated rings. The summed E-state index contributed by atoms with van der Waals surface area (Å²) in [6.07, 6.45) is 7.48. The molecule has 1 aliphatic rings. The van der Waals surface area contributed by atoms with Crippen molar-refractivity contribution in [1.82, 2.24) is 14.1 Å². The van der Waals surface area contributed by atoms with Gasteiger partial charge in [-0.25, -0.2) is 8.42 Å². The van der Waals surface area contributed by atoms with Crippen LogP contribution < -0.4 is 0 Å². The molecule has 1 aromatic rings. The van der Waals surface area contributed by atoms with Crippen LogP contribution in [0.25, 0.3) is 0 Å². The van der Waals surface area contributed by atoms with Crippen LogP contribution in [0.4, 0.5) is 0 Å². The molecule has 1 N–H and O–H groups in total. The molecule has 0 aliphatic carbocycles. The fraction of sp³-hybridized carbons (Fsp3) is 0.667. The van der Waals surface area contributed by atoms with Crippen LogP contribution in [0.15, 0.2) is 17.3 Å². The van der Waals surface area contributed by atoms with Crippen molar-refractivity contribution in [1.29, 1.82) is 0 Å². The summed E-state index contributed by atoms with van der Waals surface area (Å²) < 4.78 is 27.6. The van der Waals surface area contributed by atoms with Gasteiger partial charge in [-0.15, -0.1) is 0 Å². The van der Waals surface area contributed by atoms with Gasteiger partial charge in [0.05, 0.1) is 6.20 Å². The SMILES string of the molecule is O=C(O)Cn1cc(S(=O)(=O)N2CCCCCCC2)cn1. The van der Waals surface area contributed by atoms with Crippen LogP contribution in [0.3, 0.4) is 0 Å². The highest BCUT2D eigenvalue weighted by Gasteiger charge is 2.26. The van der Waals surface area contributed by atoms with Gasteiger partial charge in [0.2, 0.25) is 10.0 Å². The Labute approximate surface area is 118 Å². The zero-order valence-electron chi connectivity index (χ0n) is 11.2. The number of hydrogen-bond acceptors (Lipinski definition) is 4. The highest BCUT2D eigenvalue weighted by molar-refractivity contribution is 7.89. The van der Waals surface area contributed by atoms with Gasteiger partial charge in [0.25, 0.3) is 0 Å². The van der Waals surface area contributed by atoms with E-state index in [-0.39, 0.29) is 11.4 Å². The molecule has 0 unspecified atom stereocenters. The van der Waals surface area contributed by atoms with Gasteiger partial charge >= 0.3 is 5.97 Å². The largest absolute Gasteiger partial charge is 0.480 e. The van der Waals surface area contributed by atoms with Gasteiger partial charge < -0.3 is 5.11 Å². The topological polar surface area (TPSA) is 92.5 Å². The number of carboxylic acids is 1. The molecule has 0 radical (unpaired) electrons. The summed E-state index contributed by atoms with van der Waals surface area (Å²) in [5, 5.41) is 12.5. The van der Waals surface area contributed by atoms with Crippen molar-refractivity contribution < 1.29 is 18.3 Å². The van der Waals surface area contributed by atoms with E-state index in [1.165, 1.54) is 16.7 Å². The zero-order chi connectivity index (χ0) is 14.6. The van der Waals surface area contributed by atoms with Gasteiger partial charge in [-0.05, 0) is 12.8 Å². The Bertz CT molecular complexity index is 559. The molecule has 0 saturated carbocycles. The number of nitrogens with zero attached hydrogens (tertiary/aromatic N) is 3. The minimum absolute atomic E-state index is 0.0688. The first-order valence-electron chi connectivity index (χ1n) is 6.74. The second kappa shape index (κ2) is 6.36. The van der Waals surface area contributed by atoms with Crippen LogP contribution in [0.2, 0.25) is 0 Å². The third-order valence-electron chi connectivity index (χ3n) is 3.36. The molecule has 2 rings (SSSR count). The molecule has 8 heteroatoms. The predicted molar refractivity (Wildman–Crippen MR) is 71.7 cm³/mol. The molecule has 1 saturated heterocycles. The predicted octanol–water partition coefficient (Wildman–Crippen LogP) is 0.922. The second-order valence-corrected chi connectivity index (χ2v) is 6.88. The lowest BCUT2D eigenvalue weighted by Crippen LogP contribution is -2.33. The van der Waals surface area contributed by atoms with Crippen molar-refractivity contribution in [2.45, 2.75) is 43.5 Å². The Balaban J connectivity index is 2.15. The molecule has 0 spiro atoms. The van der Waals surface area contributed by atoms with Gasteiger partial charge in [-0.2, -0.15) is 9.40 Å². The van der Waals surface area contributed by atoms with E-state index in [2.05, 4.69) is 5.10 Å². The average Bonchev–Trinajstić information content (AvgIpc) is 2.76. The van der Waals surface area contributed by atoms with E-state index in [1.807, 2.05) is 0 Å². The summed E-state index contributed by atoms with van der Waals surface area (Å²) in [6, 6.07) is 0. The summed E-state index contributed by atoms with van der Waals surface area (Å²) in [5.74, 6) is -1.05. The molecule has 0 bridgehead atoms. The Morgan fingerprint density at radius 2 is 1.80 bits per heavy atom. The molecule has 2 heterocycles. The first kappa shape index (κ1) is 15.0. The normalized spacial score (nSPS) is 18.4. The van der Waals surface area contributed by atoms with Crippen molar-refractivity contribution in [3.05, 3.63) is 12.4 Å². The van der Waals surface area contributed by atoms with Crippen molar-refractivity contribution in [3.63, 3.8) is 0 Å². The Morgan fingerprint density at radius 3 is 2.40 bits per heavy atom. The lowest BCUT2D eigenvalue weighted by atomic mass is 10.1.